The van der Waals surface area contributed by atoms with Crippen LogP contribution in [0.15, 0.2) is 0 Å². The molecule has 1 aliphatic carbocycles. The van der Waals surface area contributed by atoms with Gasteiger partial charge in [-0.15, -0.1) is 0 Å². The number of carbonyl (C=O) groups is 2. The van der Waals surface area contributed by atoms with Crippen molar-refractivity contribution in [2.24, 2.45) is 5.41 Å². The van der Waals surface area contributed by atoms with Crippen LogP contribution in [-0.2, 0) is 9.53 Å². The van der Waals surface area contributed by atoms with Gasteiger partial charge in [0, 0.05) is 26.8 Å². The van der Waals surface area contributed by atoms with E-state index in [0.29, 0.717) is 26.0 Å². The summed E-state index contributed by atoms with van der Waals surface area (Å²) in [4.78, 5) is 22.5. The molecule has 0 bridgehead atoms. The highest BCUT2D eigenvalue weighted by Crippen LogP contribution is 2.40. The van der Waals surface area contributed by atoms with Crippen LogP contribution in [0.1, 0.15) is 32.1 Å². The predicted octanol–water partition coefficient (Wildman–Crippen LogP) is 0.967. The molecule has 0 radical (unpaired) electrons. The highest BCUT2D eigenvalue weighted by atomic mass is 16.5. The van der Waals surface area contributed by atoms with Crippen LogP contribution in [0.2, 0.25) is 0 Å². The number of hydrogen-bond acceptors (Lipinski definition) is 3. The Labute approximate surface area is 107 Å². The molecule has 1 saturated carbocycles. The minimum atomic E-state index is -0.811. The second-order valence-corrected chi connectivity index (χ2v) is 4.75. The molecule has 2 amide bonds. The number of nitrogens with one attached hydrogen (secondary N) is 2. The summed E-state index contributed by atoms with van der Waals surface area (Å²) in [7, 11) is 1.64. The van der Waals surface area contributed by atoms with Crippen LogP contribution >= 0.6 is 0 Å². The van der Waals surface area contributed by atoms with Gasteiger partial charge in [0.2, 0.25) is 0 Å². The molecule has 104 valence electrons. The van der Waals surface area contributed by atoms with Gasteiger partial charge >= 0.3 is 12.0 Å². The first-order valence-electron chi connectivity index (χ1n) is 6.35. The van der Waals surface area contributed by atoms with Gasteiger partial charge in [0.1, 0.15) is 0 Å². The van der Waals surface area contributed by atoms with Crippen molar-refractivity contribution >= 4 is 12.0 Å². The molecule has 1 rings (SSSR count). The first kappa shape index (κ1) is 14.8. The van der Waals surface area contributed by atoms with E-state index >= 15 is 0 Å². The molecule has 0 aliphatic heterocycles. The van der Waals surface area contributed by atoms with E-state index in [1.165, 1.54) is 0 Å². The lowest BCUT2D eigenvalue weighted by molar-refractivity contribution is -0.153. The second kappa shape index (κ2) is 7.20. The van der Waals surface area contributed by atoms with E-state index in [9.17, 15) is 9.59 Å². The number of methoxy groups -OCH3 is 1. The molecule has 6 nitrogen and oxygen atoms in total. The van der Waals surface area contributed by atoms with Crippen molar-refractivity contribution in [3.8, 4) is 0 Å². The number of rotatable bonds is 8. The Morgan fingerprint density at radius 2 is 2.00 bits per heavy atom. The standard InChI is InChI=1S/C12H22N2O4/c1-18-8-3-2-7-13-11(17)14-9-12(10(15)16)5-4-6-12/h2-9H2,1H3,(H,15,16)(H2,13,14,17). The number of urea groups is 1. The Kier molecular flexibility index (Phi) is 5.91. The first-order valence-corrected chi connectivity index (χ1v) is 6.35. The summed E-state index contributed by atoms with van der Waals surface area (Å²) in [6.07, 6.45) is 3.97. The molecule has 3 N–H and O–H groups in total. The summed E-state index contributed by atoms with van der Waals surface area (Å²) in [6, 6.07) is -0.292. The third-order valence-corrected chi connectivity index (χ3v) is 3.41. The van der Waals surface area contributed by atoms with Crippen molar-refractivity contribution in [1.82, 2.24) is 10.6 Å². The third kappa shape index (κ3) is 4.18. The van der Waals surface area contributed by atoms with Crippen LogP contribution in [0, 0.1) is 5.41 Å². The van der Waals surface area contributed by atoms with E-state index in [0.717, 1.165) is 19.3 Å². The van der Waals surface area contributed by atoms with Gasteiger partial charge in [0.05, 0.1) is 5.41 Å². The van der Waals surface area contributed by atoms with Crippen molar-refractivity contribution in [1.29, 1.82) is 0 Å². The fourth-order valence-electron chi connectivity index (χ4n) is 1.96. The largest absolute Gasteiger partial charge is 0.481 e. The number of carbonyl (C=O) groups excluding carboxylic acids is 1. The molecular formula is C12H22N2O4. The highest BCUT2D eigenvalue weighted by Gasteiger charge is 2.44. The minimum Gasteiger partial charge on any atom is -0.481 e. The van der Waals surface area contributed by atoms with Crippen molar-refractivity contribution < 1.29 is 19.4 Å². The lowest BCUT2D eigenvalue weighted by atomic mass is 9.69. The zero-order chi connectivity index (χ0) is 13.4. The molecular weight excluding hydrogens is 236 g/mol. The molecule has 0 atom stereocenters. The molecule has 0 aromatic carbocycles. The molecule has 0 spiro atoms. The Morgan fingerprint density at radius 3 is 2.50 bits per heavy atom. The van der Waals surface area contributed by atoms with Gasteiger partial charge in [0.15, 0.2) is 0 Å². The Bertz CT molecular complexity index is 290. The van der Waals surface area contributed by atoms with Crippen LogP contribution < -0.4 is 10.6 Å². The number of unbranched alkanes of at least 4 members (excludes halogenated alkanes) is 1. The number of hydrogen-bond donors (Lipinski definition) is 3. The number of carboxylic acid groups (broad SMARTS) is 1. The van der Waals surface area contributed by atoms with Gasteiger partial charge < -0.3 is 20.5 Å². The minimum absolute atomic E-state index is 0.215. The normalized spacial score (nSPS) is 16.7. The van der Waals surface area contributed by atoms with Crippen molar-refractivity contribution in [3.05, 3.63) is 0 Å². The van der Waals surface area contributed by atoms with Crippen LogP contribution in [0.25, 0.3) is 0 Å². The van der Waals surface area contributed by atoms with Gasteiger partial charge in [-0.05, 0) is 25.7 Å². The van der Waals surface area contributed by atoms with E-state index in [1.807, 2.05) is 0 Å². The number of ether oxygens (including phenoxy) is 1. The van der Waals surface area contributed by atoms with Crippen molar-refractivity contribution in [2.45, 2.75) is 32.1 Å². The van der Waals surface area contributed by atoms with Gasteiger partial charge in [0.25, 0.3) is 0 Å². The van der Waals surface area contributed by atoms with Crippen LogP contribution in [0.5, 0.6) is 0 Å². The van der Waals surface area contributed by atoms with Crippen molar-refractivity contribution in [3.63, 3.8) is 0 Å². The fraction of sp³-hybridized carbons (Fsp3) is 0.833. The molecule has 0 saturated heterocycles. The second-order valence-electron chi connectivity index (χ2n) is 4.75. The predicted molar refractivity (Wildman–Crippen MR) is 66.4 cm³/mol. The van der Waals surface area contributed by atoms with E-state index < -0.39 is 11.4 Å². The maximum atomic E-state index is 11.4. The quantitative estimate of drug-likeness (QED) is 0.566. The van der Waals surface area contributed by atoms with E-state index in [-0.39, 0.29) is 12.6 Å². The van der Waals surface area contributed by atoms with Gasteiger partial charge in [-0.2, -0.15) is 0 Å². The zero-order valence-electron chi connectivity index (χ0n) is 10.8. The molecule has 6 heteroatoms. The highest BCUT2D eigenvalue weighted by molar-refractivity contribution is 5.78. The molecule has 0 aromatic heterocycles. The average Bonchev–Trinajstić information content (AvgIpc) is 2.27. The lowest BCUT2D eigenvalue weighted by Crippen LogP contribution is -2.49. The number of carboxylic acids is 1. The maximum absolute atomic E-state index is 11.4. The SMILES string of the molecule is COCCCCNC(=O)NCC1(C(=O)O)CCC1. The molecule has 0 unspecified atom stereocenters. The first-order chi connectivity index (χ1) is 8.60. The third-order valence-electron chi connectivity index (χ3n) is 3.41. The molecule has 0 heterocycles. The number of aliphatic carboxylic acids is 1. The Morgan fingerprint density at radius 1 is 1.28 bits per heavy atom. The molecule has 18 heavy (non-hydrogen) atoms. The zero-order valence-corrected chi connectivity index (χ0v) is 10.8. The molecule has 0 aromatic rings. The fourth-order valence-corrected chi connectivity index (χ4v) is 1.96. The Balaban J connectivity index is 2.11. The van der Waals surface area contributed by atoms with Gasteiger partial charge in [-0.1, -0.05) is 6.42 Å². The van der Waals surface area contributed by atoms with E-state index in [1.54, 1.807) is 7.11 Å². The van der Waals surface area contributed by atoms with Crippen molar-refractivity contribution in [2.75, 3.05) is 26.8 Å². The number of amides is 2. The molecule has 1 fully saturated rings. The van der Waals surface area contributed by atoms with Crippen LogP contribution in [0.3, 0.4) is 0 Å². The summed E-state index contributed by atoms with van der Waals surface area (Å²) < 4.78 is 4.90. The van der Waals surface area contributed by atoms with Crippen LogP contribution in [-0.4, -0.2) is 43.9 Å². The molecule has 1 aliphatic rings. The summed E-state index contributed by atoms with van der Waals surface area (Å²) in [5, 5.41) is 14.4. The van der Waals surface area contributed by atoms with Gasteiger partial charge in [-0.25, -0.2) is 4.79 Å². The topological polar surface area (TPSA) is 87.7 Å². The monoisotopic (exact) mass is 258 g/mol. The van der Waals surface area contributed by atoms with Gasteiger partial charge in [-0.3, -0.25) is 4.79 Å². The summed E-state index contributed by atoms with van der Waals surface area (Å²) in [5.74, 6) is -0.811. The van der Waals surface area contributed by atoms with Crippen LogP contribution in [0.4, 0.5) is 4.79 Å². The maximum Gasteiger partial charge on any atom is 0.314 e. The van der Waals surface area contributed by atoms with E-state index in [2.05, 4.69) is 10.6 Å². The summed E-state index contributed by atoms with van der Waals surface area (Å²) in [6.45, 7) is 1.48. The summed E-state index contributed by atoms with van der Waals surface area (Å²) >= 11 is 0. The summed E-state index contributed by atoms with van der Waals surface area (Å²) in [5.41, 5.74) is -0.729. The smallest absolute Gasteiger partial charge is 0.314 e. The lowest BCUT2D eigenvalue weighted by Gasteiger charge is -2.37. The Hall–Kier alpha value is -1.30. The average molecular weight is 258 g/mol. The van der Waals surface area contributed by atoms with E-state index in [4.69, 9.17) is 9.84 Å².